The van der Waals surface area contributed by atoms with E-state index in [1.165, 1.54) is 10.9 Å². The van der Waals surface area contributed by atoms with Gasteiger partial charge in [-0.1, -0.05) is 18.7 Å². The van der Waals surface area contributed by atoms with Crippen molar-refractivity contribution in [1.82, 2.24) is 19.2 Å². The predicted molar refractivity (Wildman–Crippen MR) is 136 cm³/mol. The Kier molecular flexibility index (Phi) is 6.65. The Balaban J connectivity index is 1.50. The summed E-state index contributed by atoms with van der Waals surface area (Å²) >= 11 is 0. The number of allylic oxidation sites excluding steroid dienone is 1. The number of aryl methyl sites for hydroxylation is 1. The molecule has 0 spiro atoms. The molecule has 3 heterocycles. The number of rotatable bonds is 9. The number of likely N-dealkylation sites (N-methyl/N-ethyl adjacent to an activating group) is 1. The normalized spacial score (nSPS) is 14.2. The first-order chi connectivity index (χ1) is 16.4. The molecular formula is C25H29N7O2. The number of likely N-dealkylation sites (tertiary alicyclic amines) is 1. The zero-order chi connectivity index (χ0) is 24.2. The highest BCUT2D eigenvalue weighted by Crippen LogP contribution is 2.25. The van der Waals surface area contributed by atoms with E-state index < -0.39 is 0 Å². The Hall–Kier alpha value is -4.11. The van der Waals surface area contributed by atoms with Gasteiger partial charge in [-0.25, -0.2) is 19.3 Å². The van der Waals surface area contributed by atoms with Gasteiger partial charge in [-0.3, -0.25) is 9.69 Å². The second-order valence-electron chi connectivity index (χ2n) is 8.25. The van der Waals surface area contributed by atoms with Crippen LogP contribution >= 0.6 is 0 Å². The van der Waals surface area contributed by atoms with Crippen molar-refractivity contribution in [1.29, 1.82) is 0 Å². The predicted octanol–water partition coefficient (Wildman–Crippen LogP) is 2.81. The number of benzene rings is 1. The molecule has 1 saturated heterocycles. The molecule has 1 aliphatic heterocycles. The van der Waals surface area contributed by atoms with Crippen LogP contribution in [-0.2, 0) is 6.54 Å². The second-order valence-corrected chi connectivity index (χ2v) is 8.25. The van der Waals surface area contributed by atoms with E-state index in [0.29, 0.717) is 11.6 Å². The van der Waals surface area contributed by atoms with Crippen LogP contribution in [0, 0.1) is 6.92 Å². The third-order valence-electron chi connectivity index (χ3n) is 5.52. The fourth-order valence-corrected chi connectivity index (χ4v) is 3.81. The summed E-state index contributed by atoms with van der Waals surface area (Å²) in [5, 5.41) is 3.14. The molecule has 176 valence electrons. The summed E-state index contributed by atoms with van der Waals surface area (Å²) in [6, 6.07) is 11.2. The molecule has 1 fully saturated rings. The molecule has 1 aromatic carbocycles. The van der Waals surface area contributed by atoms with E-state index in [1.807, 2.05) is 31.2 Å². The summed E-state index contributed by atoms with van der Waals surface area (Å²) in [5.74, 6) is 2.00. The van der Waals surface area contributed by atoms with Crippen LogP contribution in [0.1, 0.15) is 11.1 Å². The zero-order valence-corrected chi connectivity index (χ0v) is 19.4. The van der Waals surface area contributed by atoms with Crippen LogP contribution in [-0.4, -0.2) is 51.7 Å². The van der Waals surface area contributed by atoms with E-state index in [9.17, 15) is 4.79 Å². The molecule has 0 aliphatic carbocycles. The molecule has 2 aromatic heterocycles. The Morgan fingerprint density at radius 1 is 1.35 bits per heavy atom. The maximum atomic E-state index is 13.0. The summed E-state index contributed by atoms with van der Waals surface area (Å²) in [6.45, 7) is 11.8. The minimum absolute atomic E-state index is 0.232. The Morgan fingerprint density at radius 2 is 2.15 bits per heavy atom. The van der Waals surface area contributed by atoms with E-state index in [2.05, 4.69) is 40.4 Å². The Labute approximate surface area is 198 Å². The SMILES string of the molecule is C=CCn1c(=O)c(/C=N\C(=C)Nc2ccc(OC3CN(C)C3)c(C)c2)c(N)n1-c1ccccn1. The van der Waals surface area contributed by atoms with Crippen molar-refractivity contribution < 1.29 is 4.74 Å². The van der Waals surface area contributed by atoms with Crippen molar-refractivity contribution in [3.63, 3.8) is 0 Å². The first-order valence-corrected chi connectivity index (χ1v) is 11.0. The number of nitrogens with one attached hydrogen (secondary N) is 1. The van der Waals surface area contributed by atoms with E-state index in [4.69, 9.17) is 10.5 Å². The number of anilines is 2. The minimum atomic E-state index is -0.293. The van der Waals surface area contributed by atoms with Gasteiger partial charge in [0.05, 0.1) is 6.54 Å². The first-order valence-electron chi connectivity index (χ1n) is 11.0. The second kappa shape index (κ2) is 9.80. The molecule has 0 unspecified atom stereocenters. The summed E-state index contributed by atoms with van der Waals surface area (Å²) in [4.78, 5) is 23.8. The van der Waals surface area contributed by atoms with Gasteiger partial charge in [-0.15, -0.1) is 6.58 Å². The summed E-state index contributed by atoms with van der Waals surface area (Å²) < 4.78 is 9.05. The Morgan fingerprint density at radius 3 is 2.79 bits per heavy atom. The third-order valence-corrected chi connectivity index (χ3v) is 5.52. The zero-order valence-electron chi connectivity index (χ0n) is 19.4. The lowest BCUT2D eigenvalue weighted by Crippen LogP contribution is -2.51. The lowest BCUT2D eigenvalue weighted by atomic mass is 10.1. The number of aromatic nitrogens is 3. The van der Waals surface area contributed by atoms with Gasteiger partial charge in [0.15, 0.2) is 5.82 Å². The lowest BCUT2D eigenvalue weighted by molar-refractivity contribution is 0.0383. The van der Waals surface area contributed by atoms with Crippen molar-refractivity contribution in [2.75, 3.05) is 31.2 Å². The number of nitrogens with two attached hydrogens (primary N) is 1. The third kappa shape index (κ3) is 4.79. The molecule has 0 radical (unpaired) electrons. The molecule has 0 saturated carbocycles. The van der Waals surface area contributed by atoms with Gasteiger partial charge in [0.25, 0.3) is 5.56 Å². The van der Waals surface area contributed by atoms with Crippen molar-refractivity contribution in [3.8, 4) is 11.6 Å². The number of hydrogen-bond donors (Lipinski definition) is 2. The first kappa shape index (κ1) is 23.1. The summed E-state index contributed by atoms with van der Waals surface area (Å²) in [5.41, 5.74) is 8.11. The van der Waals surface area contributed by atoms with Crippen molar-refractivity contribution in [3.05, 3.63) is 89.1 Å². The van der Waals surface area contributed by atoms with Gasteiger partial charge < -0.3 is 15.8 Å². The van der Waals surface area contributed by atoms with Crippen LogP contribution < -0.4 is 21.3 Å². The molecule has 3 N–H and O–H groups in total. The minimum Gasteiger partial charge on any atom is -0.487 e. The molecule has 4 rings (SSSR count). The standard InChI is InChI=1S/C25H29N7O2/c1-5-12-31-25(33)21(24(26)32(31)23-8-6-7-11-27-23)14-28-18(3)29-19-9-10-22(17(2)13-19)34-20-15-30(4)16-20/h5-11,13-14,20,29H,1,3,12,15-16,26H2,2,4H3/b28-14-. The summed E-state index contributed by atoms with van der Waals surface area (Å²) in [6.07, 6.45) is 4.92. The average molecular weight is 460 g/mol. The fourth-order valence-electron chi connectivity index (χ4n) is 3.81. The van der Waals surface area contributed by atoms with Crippen LogP contribution in [0.2, 0.25) is 0 Å². The summed E-state index contributed by atoms with van der Waals surface area (Å²) in [7, 11) is 2.07. The van der Waals surface area contributed by atoms with E-state index >= 15 is 0 Å². The maximum absolute atomic E-state index is 13.0. The van der Waals surface area contributed by atoms with E-state index in [-0.39, 0.29) is 29.6 Å². The largest absolute Gasteiger partial charge is 0.487 e. The molecule has 0 amide bonds. The van der Waals surface area contributed by atoms with Gasteiger partial charge >= 0.3 is 0 Å². The maximum Gasteiger partial charge on any atom is 0.278 e. The van der Waals surface area contributed by atoms with E-state index in [1.54, 1.807) is 29.1 Å². The van der Waals surface area contributed by atoms with Crippen LogP contribution in [0.3, 0.4) is 0 Å². The average Bonchev–Trinajstić information content (AvgIpc) is 3.03. The number of ether oxygens (including phenoxy) is 1. The quantitative estimate of drug-likeness (QED) is 0.377. The Bertz CT molecular complexity index is 1280. The number of pyridine rings is 1. The molecule has 9 heteroatoms. The highest BCUT2D eigenvalue weighted by Gasteiger charge is 2.25. The van der Waals surface area contributed by atoms with Gasteiger partial charge in [0.1, 0.15) is 29.1 Å². The smallest absolute Gasteiger partial charge is 0.278 e. The molecule has 3 aromatic rings. The van der Waals surface area contributed by atoms with Crippen LogP contribution in [0.15, 0.2) is 77.4 Å². The van der Waals surface area contributed by atoms with Gasteiger partial charge in [-0.05, 0) is 49.9 Å². The fraction of sp³-hybridized carbons (Fsp3) is 0.240. The van der Waals surface area contributed by atoms with Gasteiger partial charge in [0, 0.05) is 31.2 Å². The topological polar surface area (TPSA) is 103 Å². The van der Waals surface area contributed by atoms with Crippen molar-refractivity contribution in [2.24, 2.45) is 4.99 Å². The molecular weight excluding hydrogens is 430 g/mol. The molecule has 1 aliphatic rings. The molecule has 0 bridgehead atoms. The van der Waals surface area contributed by atoms with Crippen LogP contribution in [0.25, 0.3) is 5.82 Å². The highest BCUT2D eigenvalue weighted by atomic mass is 16.5. The van der Waals surface area contributed by atoms with Gasteiger partial charge in [0.2, 0.25) is 0 Å². The number of aliphatic imine (C=N–C) groups is 1. The van der Waals surface area contributed by atoms with Crippen LogP contribution in [0.5, 0.6) is 5.75 Å². The van der Waals surface area contributed by atoms with Crippen molar-refractivity contribution >= 4 is 17.7 Å². The molecule has 0 atom stereocenters. The van der Waals surface area contributed by atoms with Gasteiger partial charge in [-0.2, -0.15) is 0 Å². The van der Waals surface area contributed by atoms with E-state index in [0.717, 1.165) is 30.1 Å². The monoisotopic (exact) mass is 459 g/mol. The number of nitrogen functional groups attached to an aromatic ring is 1. The molecule has 9 nitrogen and oxygen atoms in total. The van der Waals surface area contributed by atoms with Crippen LogP contribution in [0.4, 0.5) is 11.5 Å². The molecule has 34 heavy (non-hydrogen) atoms. The highest BCUT2D eigenvalue weighted by molar-refractivity contribution is 5.86. The van der Waals surface area contributed by atoms with Crippen molar-refractivity contribution in [2.45, 2.75) is 19.6 Å². The number of hydrogen-bond acceptors (Lipinski definition) is 7. The lowest BCUT2D eigenvalue weighted by Gasteiger charge is -2.36. The number of nitrogens with zero attached hydrogens (tertiary/aromatic N) is 5.